The molecule has 11 heteroatoms. The standard InChI is InChI=1S/C15H25N3O8/c1-6-24-13(22)9-18(26-10(2)19)12(21)8-16-11(20)7-17-14(23)25-15(3,4)5/h6-9H2,1-5H3,(H,16,20)(H,17,23). The number of hydrogen-bond donors (Lipinski definition) is 2. The molecule has 0 aliphatic heterocycles. The Morgan fingerprint density at radius 1 is 1.00 bits per heavy atom. The molecule has 0 saturated heterocycles. The van der Waals surface area contributed by atoms with Gasteiger partial charge in [-0.15, -0.1) is 0 Å². The van der Waals surface area contributed by atoms with Gasteiger partial charge in [0.1, 0.15) is 12.1 Å². The molecule has 0 aromatic carbocycles. The smallest absolute Gasteiger partial charge is 0.408 e. The van der Waals surface area contributed by atoms with E-state index in [2.05, 4.69) is 20.2 Å². The number of ether oxygens (including phenoxy) is 2. The van der Waals surface area contributed by atoms with Crippen LogP contribution in [0.15, 0.2) is 0 Å². The highest BCUT2D eigenvalue weighted by atomic mass is 16.7. The molecule has 0 aromatic rings. The van der Waals surface area contributed by atoms with E-state index in [1.165, 1.54) is 0 Å². The Kier molecular flexibility index (Phi) is 9.71. The van der Waals surface area contributed by atoms with Gasteiger partial charge in [-0.3, -0.25) is 14.4 Å². The average Bonchev–Trinajstić information content (AvgIpc) is 2.48. The minimum absolute atomic E-state index is 0.0913. The Balaban J connectivity index is 4.43. The minimum atomic E-state index is -0.848. The van der Waals surface area contributed by atoms with E-state index >= 15 is 0 Å². The molecule has 3 amide bonds. The summed E-state index contributed by atoms with van der Waals surface area (Å²) in [5.74, 6) is -3.12. The summed E-state index contributed by atoms with van der Waals surface area (Å²) >= 11 is 0. The molecule has 2 N–H and O–H groups in total. The highest BCUT2D eigenvalue weighted by Crippen LogP contribution is 2.06. The van der Waals surface area contributed by atoms with Crippen molar-refractivity contribution in [3.63, 3.8) is 0 Å². The number of amides is 3. The summed E-state index contributed by atoms with van der Waals surface area (Å²) in [6, 6.07) is 0. The lowest BCUT2D eigenvalue weighted by Crippen LogP contribution is -2.46. The first-order chi connectivity index (χ1) is 11.9. The van der Waals surface area contributed by atoms with Gasteiger partial charge in [-0.05, 0) is 27.7 Å². The van der Waals surface area contributed by atoms with Gasteiger partial charge in [0.25, 0.3) is 5.91 Å². The molecule has 26 heavy (non-hydrogen) atoms. The van der Waals surface area contributed by atoms with Crippen LogP contribution in [0, 0.1) is 0 Å². The number of nitrogens with zero attached hydrogens (tertiary/aromatic N) is 1. The summed E-state index contributed by atoms with van der Waals surface area (Å²) in [6.07, 6.45) is -0.789. The molecule has 0 aliphatic carbocycles. The van der Waals surface area contributed by atoms with E-state index in [1.54, 1.807) is 27.7 Å². The fraction of sp³-hybridized carbons (Fsp3) is 0.667. The summed E-state index contributed by atoms with van der Waals surface area (Å²) in [6.45, 7) is 6.12. The van der Waals surface area contributed by atoms with Gasteiger partial charge in [-0.25, -0.2) is 9.59 Å². The van der Waals surface area contributed by atoms with E-state index in [4.69, 9.17) is 4.74 Å². The topological polar surface area (TPSA) is 140 Å². The lowest BCUT2D eigenvalue weighted by atomic mass is 10.2. The molecule has 148 valence electrons. The maximum Gasteiger partial charge on any atom is 0.408 e. The molecule has 11 nitrogen and oxygen atoms in total. The Labute approximate surface area is 151 Å². The molecular formula is C15H25N3O8. The van der Waals surface area contributed by atoms with Crippen LogP contribution in [0.1, 0.15) is 34.6 Å². The molecule has 0 saturated carbocycles. The quantitative estimate of drug-likeness (QED) is 0.448. The van der Waals surface area contributed by atoms with Crippen molar-refractivity contribution >= 4 is 29.8 Å². The number of carbonyl (C=O) groups is 5. The number of nitrogens with one attached hydrogen (secondary N) is 2. The first-order valence-electron chi connectivity index (χ1n) is 7.82. The number of hydrogen-bond acceptors (Lipinski definition) is 8. The molecule has 0 radical (unpaired) electrons. The molecule has 0 aliphatic rings. The SMILES string of the molecule is CCOC(=O)CN(OC(C)=O)C(=O)CNC(=O)CNC(=O)OC(C)(C)C. The molecule has 0 spiro atoms. The Hall–Kier alpha value is -2.85. The number of rotatable bonds is 7. The zero-order valence-electron chi connectivity index (χ0n) is 15.5. The van der Waals surface area contributed by atoms with Gasteiger partial charge in [0.2, 0.25) is 5.91 Å². The van der Waals surface area contributed by atoms with Crippen LogP contribution >= 0.6 is 0 Å². The van der Waals surface area contributed by atoms with Gasteiger partial charge < -0.3 is 24.9 Å². The van der Waals surface area contributed by atoms with E-state index in [9.17, 15) is 24.0 Å². The molecule has 0 rings (SSSR count). The van der Waals surface area contributed by atoms with Crippen molar-refractivity contribution < 1.29 is 38.3 Å². The molecule has 0 fully saturated rings. The molecule has 0 aromatic heterocycles. The molecule has 0 atom stereocenters. The zero-order valence-corrected chi connectivity index (χ0v) is 15.5. The largest absolute Gasteiger partial charge is 0.465 e. The average molecular weight is 375 g/mol. The highest BCUT2D eigenvalue weighted by molar-refractivity contribution is 5.88. The lowest BCUT2D eigenvalue weighted by molar-refractivity contribution is -0.199. The van der Waals surface area contributed by atoms with Crippen LogP contribution < -0.4 is 10.6 Å². The second-order valence-electron chi connectivity index (χ2n) is 5.95. The van der Waals surface area contributed by atoms with Gasteiger partial charge in [0.15, 0.2) is 6.54 Å². The number of carbonyl (C=O) groups excluding carboxylic acids is 5. The van der Waals surface area contributed by atoms with Crippen molar-refractivity contribution in [3.05, 3.63) is 0 Å². The van der Waals surface area contributed by atoms with Crippen molar-refractivity contribution in [3.8, 4) is 0 Å². The van der Waals surface area contributed by atoms with E-state index in [-0.39, 0.29) is 6.61 Å². The summed E-state index contributed by atoms with van der Waals surface area (Å²) < 4.78 is 9.61. The van der Waals surface area contributed by atoms with E-state index < -0.39 is 55.1 Å². The van der Waals surface area contributed by atoms with Crippen LogP contribution in [0.3, 0.4) is 0 Å². The van der Waals surface area contributed by atoms with Crippen LogP contribution in [0.2, 0.25) is 0 Å². The molecule has 0 bridgehead atoms. The predicted octanol–water partition coefficient (Wildman–Crippen LogP) is -0.503. The van der Waals surface area contributed by atoms with Gasteiger partial charge >= 0.3 is 18.0 Å². The summed E-state index contributed by atoms with van der Waals surface area (Å²) in [7, 11) is 0. The third kappa shape index (κ3) is 11.6. The van der Waals surface area contributed by atoms with Crippen molar-refractivity contribution in [2.24, 2.45) is 0 Å². The molecule has 0 unspecified atom stereocenters. The van der Waals surface area contributed by atoms with Crippen molar-refractivity contribution in [1.82, 2.24) is 15.7 Å². The third-order valence-electron chi connectivity index (χ3n) is 2.32. The minimum Gasteiger partial charge on any atom is -0.465 e. The summed E-state index contributed by atoms with van der Waals surface area (Å²) in [5.41, 5.74) is -0.714. The number of esters is 1. The first-order valence-corrected chi connectivity index (χ1v) is 7.82. The molecular weight excluding hydrogens is 350 g/mol. The van der Waals surface area contributed by atoms with Crippen LogP contribution in [-0.2, 0) is 33.5 Å². The third-order valence-corrected chi connectivity index (χ3v) is 2.32. The maximum atomic E-state index is 12.0. The summed E-state index contributed by atoms with van der Waals surface area (Å²) in [5, 5.41) is 4.92. The lowest BCUT2D eigenvalue weighted by Gasteiger charge is -2.20. The van der Waals surface area contributed by atoms with Gasteiger partial charge in [-0.2, -0.15) is 5.06 Å². The van der Waals surface area contributed by atoms with Gasteiger partial charge in [-0.1, -0.05) is 0 Å². The Morgan fingerprint density at radius 2 is 1.62 bits per heavy atom. The van der Waals surface area contributed by atoms with E-state index in [0.717, 1.165) is 6.92 Å². The van der Waals surface area contributed by atoms with Crippen molar-refractivity contribution in [1.29, 1.82) is 0 Å². The Morgan fingerprint density at radius 3 is 2.12 bits per heavy atom. The van der Waals surface area contributed by atoms with Crippen molar-refractivity contribution in [2.45, 2.75) is 40.2 Å². The van der Waals surface area contributed by atoms with E-state index in [1.807, 2.05) is 0 Å². The van der Waals surface area contributed by atoms with Crippen LogP contribution in [-0.4, -0.2) is 66.8 Å². The summed E-state index contributed by atoms with van der Waals surface area (Å²) in [4.78, 5) is 62.1. The van der Waals surface area contributed by atoms with Crippen LogP contribution in [0.4, 0.5) is 4.79 Å². The predicted molar refractivity (Wildman–Crippen MR) is 87.4 cm³/mol. The monoisotopic (exact) mass is 375 g/mol. The van der Waals surface area contributed by atoms with Gasteiger partial charge in [0.05, 0.1) is 13.2 Å². The number of hydroxylamine groups is 2. The van der Waals surface area contributed by atoms with Crippen molar-refractivity contribution in [2.75, 3.05) is 26.2 Å². The maximum absolute atomic E-state index is 12.0. The zero-order chi connectivity index (χ0) is 20.3. The fourth-order valence-corrected chi connectivity index (χ4v) is 1.44. The highest BCUT2D eigenvalue weighted by Gasteiger charge is 2.22. The second kappa shape index (κ2) is 10.9. The van der Waals surface area contributed by atoms with Gasteiger partial charge in [0, 0.05) is 6.92 Å². The second-order valence-corrected chi connectivity index (χ2v) is 5.95. The normalized spacial score (nSPS) is 10.3. The Bertz CT molecular complexity index is 541. The molecule has 0 heterocycles. The fourth-order valence-electron chi connectivity index (χ4n) is 1.44. The van der Waals surface area contributed by atoms with E-state index in [0.29, 0.717) is 5.06 Å². The number of alkyl carbamates (subject to hydrolysis) is 1. The first kappa shape index (κ1) is 23.1. The van der Waals surface area contributed by atoms with Crippen LogP contribution in [0.25, 0.3) is 0 Å². The van der Waals surface area contributed by atoms with Crippen LogP contribution in [0.5, 0.6) is 0 Å².